The minimum atomic E-state index is -4.21. The Morgan fingerprint density at radius 1 is 0.531 bits per heavy atom. The van der Waals surface area contributed by atoms with Crippen molar-refractivity contribution in [3.8, 4) is 0 Å². The standard InChI is InChI=1S/C26H24O3P2S/c27-32(28,29)21-26(30(22-13-5-1-6-14-22)23-15-7-2-8-16-23)31(24-17-9-3-10-18-24)25-19-11-4-12-20-25/h1-20,26H,21H2,(H,27,28,29). The summed E-state index contributed by atoms with van der Waals surface area (Å²) in [6.45, 7) is 0. The van der Waals surface area contributed by atoms with Crippen molar-refractivity contribution in [1.82, 2.24) is 0 Å². The Bertz CT molecular complexity index is 1060. The van der Waals surface area contributed by atoms with Crippen molar-refractivity contribution in [3.05, 3.63) is 121 Å². The molecule has 32 heavy (non-hydrogen) atoms. The van der Waals surface area contributed by atoms with Gasteiger partial charge in [0, 0.05) is 5.40 Å². The van der Waals surface area contributed by atoms with Crippen molar-refractivity contribution in [1.29, 1.82) is 0 Å². The number of benzene rings is 4. The van der Waals surface area contributed by atoms with E-state index >= 15 is 0 Å². The summed E-state index contributed by atoms with van der Waals surface area (Å²) in [6.07, 6.45) is 0. The lowest BCUT2D eigenvalue weighted by Crippen LogP contribution is -2.32. The van der Waals surface area contributed by atoms with Crippen molar-refractivity contribution in [3.63, 3.8) is 0 Å². The molecule has 0 atom stereocenters. The van der Waals surface area contributed by atoms with Crippen LogP contribution in [0.4, 0.5) is 0 Å². The molecule has 0 bridgehead atoms. The first-order valence-corrected chi connectivity index (χ1v) is 14.7. The summed E-state index contributed by atoms with van der Waals surface area (Å²) in [6, 6.07) is 40.4. The van der Waals surface area contributed by atoms with Gasteiger partial charge in [0.2, 0.25) is 0 Å². The van der Waals surface area contributed by atoms with Gasteiger partial charge in [0.25, 0.3) is 10.1 Å². The van der Waals surface area contributed by atoms with Crippen molar-refractivity contribution in [2.75, 3.05) is 5.75 Å². The minimum absolute atomic E-state index is 0.294. The van der Waals surface area contributed by atoms with Gasteiger partial charge < -0.3 is 0 Å². The zero-order chi connectivity index (χ0) is 22.4. The molecule has 4 rings (SSSR count). The van der Waals surface area contributed by atoms with E-state index in [0.29, 0.717) is 0 Å². The van der Waals surface area contributed by atoms with Crippen LogP contribution >= 0.6 is 15.8 Å². The summed E-state index contributed by atoms with van der Waals surface area (Å²) >= 11 is 0. The molecule has 0 aliphatic rings. The van der Waals surface area contributed by atoms with Gasteiger partial charge in [-0.05, 0) is 37.1 Å². The lowest BCUT2D eigenvalue weighted by molar-refractivity contribution is 0.484. The van der Waals surface area contributed by atoms with E-state index < -0.39 is 26.0 Å². The first-order valence-electron chi connectivity index (χ1n) is 10.3. The van der Waals surface area contributed by atoms with Crippen LogP contribution < -0.4 is 21.2 Å². The van der Waals surface area contributed by atoms with Crippen LogP contribution in [0.3, 0.4) is 0 Å². The maximum Gasteiger partial charge on any atom is 0.265 e. The molecule has 0 aliphatic heterocycles. The molecule has 0 radical (unpaired) electrons. The lowest BCUT2D eigenvalue weighted by atomic mass is 10.4. The third kappa shape index (κ3) is 5.71. The zero-order valence-corrected chi connectivity index (χ0v) is 20.0. The molecule has 0 aromatic heterocycles. The van der Waals surface area contributed by atoms with Gasteiger partial charge >= 0.3 is 0 Å². The van der Waals surface area contributed by atoms with Crippen molar-refractivity contribution >= 4 is 47.2 Å². The van der Waals surface area contributed by atoms with Crippen molar-refractivity contribution in [2.24, 2.45) is 0 Å². The van der Waals surface area contributed by atoms with Crippen LogP contribution in [0.1, 0.15) is 0 Å². The molecule has 4 aromatic rings. The summed E-state index contributed by atoms with van der Waals surface area (Å²) in [4.78, 5) is 0. The van der Waals surface area contributed by atoms with Gasteiger partial charge in [0.1, 0.15) is 0 Å². The molecule has 4 aromatic carbocycles. The molecule has 0 amide bonds. The molecule has 3 nitrogen and oxygen atoms in total. The summed E-state index contributed by atoms with van der Waals surface area (Å²) in [5.41, 5.74) is 0. The molecule has 0 unspecified atom stereocenters. The van der Waals surface area contributed by atoms with E-state index in [0.717, 1.165) is 21.2 Å². The predicted octanol–water partition coefficient (Wildman–Crippen LogP) is 4.47. The highest BCUT2D eigenvalue weighted by atomic mass is 32.2. The molecule has 0 aliphatic carbocycles. The Labute approximate surface area is 192 Å². The first-order chi connectivity index (χ1) is 15.5. The monoisotopic (exact) mass is 478 g/mol. The maximum atomic E-state index is 12.4. The highest BCUT2D eigenvalue weighted by molar-refractivity contribution is 7.93. The van der Waals surface area contributed by atoms with E-state index in [1.807, 2.05) is 72.8 Å². The average Bonchev–Trinajstić information content (AvgIpc) is 2.81. The molecule has 0 saturated carbocycles. The lowest BCUT2D eigenvalue weighted by Gasteiger charge is -2.35. The molecule has 0 fully saturated rings. The van der Waals surface area contributed by atoms with Gasteiger partial charge in [-0.2, -0.15) is 8.42 Å². The van der Waals surface area contributed by atoms with Gasteiger partial charge in [-0.1, -0.05) is 121 Å². The fraction of sp³-hybridized carbons (Fsp3) is 0.0769. The highest BCUT2D eigenvalue weighted by Crippen LogP contribution is 2.56. The topological polar surface area (TPSA) is 54.4 Å². The molecule has 162 valence electrons. The Hall–Kier alpha value is -2.35. The quantitative estimate of drug-likeness (QED) is 0.301. The van der Waals surface area contributed by atoms with Gasteiger partial charge in [0.05, 0.1) is 5.75 Å². The average molecular weight is 478 g/mol. The summed E-state index contributed by atoms with van der Waals surface area (Å²) in [7, 11) is -6.36. The molecular formula is C26H24O3P2S. The van der Waals surface area contributed by atoms with Crippen LogP contribution in [-0.2, 0) is 10.1 Å². The molecule has 6 heteroatoms. The molecule has 0 heterocycles. The molecule has 0 saturated heterocycles. The molecular weight excluding hydrogens is 454 g/mol. The summed E-state index contributed by atoms with van der Waals surface area (Å²) < 4.78 is 34.8. The SMILES string of the molecule is O=S(=O)(O)CC(P(c1ccccc1)c1ccccc1)P(c1ccccc1)c1ccccc1. The van der Waals surface area contributed by atoms with Gasteiger partial charge in [-0.3, -0.25) is 4.55 Å². The number of hydrogen-bond acceptors (Lipinski definition) is 2. The number of hydrogen-bond donors (Lipinski definition) is 1. The summed E-state index contributed by atoms with van der Waals surface area (Å²) in [5.74, 6) is -0.294. The molecule has 1 N–H and O–H groups in total. The van der Waals surface area contributed by atoms with E-state index in [1.54, 1.807) is 0 Å². The van der Waals surface area contributed by atoms with Gasteiger partial charge in [-0.15, -0.1) is 0 Å². The van der Waals surface area contributed by atoms with Crippen molar-refractivity contribution < 1.29 is 13.0 Å². The number of rotatable bonds is 8. The van der Waals surface area contributed by atoms with E-state index in [4.69, 9.17) is 0 Å². The Morgan fingerprint density at radius 2 is 0.781 bits per heavy atom. The highest BCUT2D eigenvalue weighted by Gasteiger charge is 2.36. The third-order valence-corrected chi connectivity index (χ3v) is 12.7. The van der Waals surface area contributed by atoms with Crippen LogP contribution in [0.15, 0.2) is 121 Å². The largest absolute Gasteiger partial charge is 0.286 e. The second-order valence-electron chi connectivity index (χ2n) is 7.31. The fourth-order valence-corrected chi connectivity index (χ4v) is 13.0. The van der Waals surface area contributed by atoms with Crippen LogP contribution in [0.25, 0.3) is 0 Å². The zero-order valence-electron chi connectivity index (χ0n) is 17.4. The fourth-order valence-electron chi connectivity index (χ4n) is 3.79. The second-order valence-corrected chi connectivity index (χ2v) is 14.0. The van der Waals surface area contributed by atoms with Crippen LogP contribution in [0, 0.1) is 0 Å². The van der Waals surface area contributed by atoms with E-state index in [1.165, 1.54) is 0 Å². The van der Waals surface area contributed by atoms with Crippen LogP contribution in [-0.4, -0.2) is 24.1 Å². The van der Waals surface area contributed by atoms with Crippen molar-refractivity contribution in [2.45, 2.75) is 5.40 Å². The Kier molecular flexibility index (Phi) is 7.50. The predicted molar refractivity (Wildman–Crippen MR) is 138 cm³/mol. The summed E-state index contributed by atoms with van der Waals surface area (Å²) in [5, 5.41) is 4.09. The third-order valence-electron chi connectivity index (χ3n) is 5.09. The van der Waals surface area contributed by atoms with Crippen LogP contribution in [0.5, 0.6) is 0 Å². The van der Waals surface area contributed by atoms with Crippen LogP contribution in [0.2, 0.25) is 0 Å². The smallest absolute Gasteiger partial charge is 0.265 e. The molecule has 0 spiro atoms. The second kappa shape index (κ2) is 10.5. The van der Waals surface area contributed by atoms with Gasteiger partial charge in [-0.25, -0.2) is 0 Å². The van der Waals surface area contributed by atoms with E-state index in [-0.39, 0.29) is 11.2 Å². The normalized spacial score (nSPS) is 11.9. The Balaban J connectivity index is 1.96. The van der Waals surface area contributed by atoms with E-state index in [9.17, 15) is 13.0 Å². The Morgan fingerprint density at radius 3 is 1.00 bits per heavy atom. The van der Waals surface area contributed by atoms with E-state index in [2.05, 4.69) is 48.5 Å². The minimum Gasteiger partial charge on any atom is -0.286 e. The first kappa shape index (κ1) is 22.8. The van der Waals surface area contributed by atoms with Gasteiger partial charge in [0.15, 0.2) is 0 Å². The maximum absolute atomic E-state index is 12.4.